The molecule has 186 valence electrons. The van der Waals surface area contributed by atoms with E-state index in [9.17, 15) is 18.8 Å². The highest BCUT2D eigenvalue weighted by Gasteiger charge is 2.26. The molecule has 0 aliphatic carbocycles. The van der Waals surface area contributed by atoms with Crippen LogP contribution in [-0.2, 0) is 16.1 Å². The van der Waals surface area contributed by atoms with Gasteiger partial charge in [-0.1, -0.05) is 36.4 Å². The van der Waals surface area contributed by atoms with Crippen LogP contribution in [0.2, 0.25) is 0 Å². The van der Waals surface area contributed by atoms with Gasteiger partial charge in [0.25, 0.3) is 5.91 Å². The van der Waals surface area contributed by atoms with Crippen LogP contribution in [0.5, 0.6) is 11.5 Å². The second kappa shape index (κ2) is 11.5. The number of anilines is 1. The van der Waals surface area contributed by atoms with Crippen LogP contribution in [0.15, 0.2) is 66.7 Å². The highest BCUT2D eigenvalue weighted by molar-refractivity contribution is 6.02. The van der Waals surface area contributed by atoms with Crippen molar-refractivity contribution in [2.75, 3.05) is 24.7 Å². The zero-order chi connectivity index (χ0) is 25.5. The van der Waals surface area contributed by atoms with Crippen LogP contribution in [0.25, 0.3) is 0 Å². The summed E-state index contributed by atoms with van der Waals surface area (Å²) in [6, 6.07) is 18.8. The first kappa shape index (κ1) is 24.9. The molecule has 0 bridgehead atoms. The maximum absolute atomic E-state index is 13.9. The molecule has 0 saturated carbocycles. The molecule has 8 heteroatoms. The lowest BCUT2D eigenvalue weighted by Crippen LogP contribution is -2.40. The molecule has 36 heavy (non-hydrogen) atoms. The summed E-state index contributed by atoms with van der Waals surface area (Å²) in [5.74, 6) is -0.787. The third kappa shape index (κ3) is 6.27. The number of fused-ring (bicyclic) bond motifs is 1. The van der Waals surface area contributed by atoms with Gasteiger partial charge in [-0.25, -0.2) is 4.39 Å². The number of halogens is 1. The standard InChI is InChI=1S/C28H27FN2O5/c1-19-9-11-22(29)26(14-19)35-17-24(32)21-10-12-25-23(15-21)31(28(34)18-36-25)13-5-8-27(33)30-16-20-6-3-2-4-7-20/h2-4,6-7,9-12,14-15H,5,8,13,16-18H2,1H3,(H,30,33). The van der Waals surface area contributed by atoms with Gasteiger partial charge < -0.3 is 19.7 Å². The van der Waals surface area contributed by atoms with Crippen LogP contribution in [0.3, 0.4) is 0 Å². The van der Waals surface area contributed by atoms with Crippen LogP contribution in [0.4, 0.5) is 10.1 Å². The van der Waals surface area contributed by atoms with Crippen molar-refractivity contribution >= 4 is 23.3 Å². The van der Waals surface area contributed by atoms with Crippen LogP contribution >= 0.6 is 0 Å². The van der Waals surface area contributed by atoms with Crippen molar-refractivity contribution in [2.45, 2.75) is 26.3 Å². The second-order valence-corrected chi connectivity index (χ2v) is 8.53. The van der Waals surface area contributed by atoms with E-state index in [1.54, 1.807) is 31.2 Å². The van der Waals surface area contributed by atoms with Crippen LogP contribution in [0, 0.1) is 12.7 Å². The van der Waals surface area contributed by atoms with Gasteiger partial charge in [0.1, 0.15) is 5.75 Å². The normalized spacial score (nSPS) is 12.5. The van der Waals surface area contributed by atoms with Gasteiger partial charge in [-0.05, 0) is 54.8 Å². The van der Waals surface area contributed by atoms with E-state index in [0.29, 0.717) is 36.5 Å². The number of rotatable bonds is 10. The Morgan fingerprint density at radius 3 is 2.69 bits per heavy atom. The fraction of sp³-hybridized carbons (Fsp3) is 0.250. The average Bonchev–Trinajstić information content (AvgIpc) is 2.89. The first-order valence-electron chi connectivity index (χ1n) is 11.7. The number of benzene rings is 3. The molecule has 1 N–H and O–H groups in total. The maximum Gasteiger partial charge on any atom is 0.265 e. The third-order valence-electron chi connectivity index (χ3n) is 5.79. The smallest absolute Gasteiger partial charge is 0.265 e. The van der Waals surface area contributed by atoms with Crippen LogP contribution in [-0.4, -0.2) is 37.4 Å². The number of aryl methyl sites for hydroxylation is 1. The second-order valence-electron chi connectivity index (χ2n) is 8.53. The maximum atomic E-state index is 13.9. The molecule has 0 atom stereocenters. The van der Waals surface area contributed by atoms with Gasteiger partial charge in [0.05, 0.1) is 5.69 Å². The predicted molar refractivity (Wildman–Crippen MR) is 133 cm³/mol. The molecule has 0 radical (unpaired) electrons. The third-order valence-corrected chi connectivity index (χ3v) is 5.79. The number of hydrogen-bond acceptors (Lipinski definition) is 5. The van der Waals surface area contributed by atoms with Gasteiger partial charge in [-0.15, -0.1) is 0 Å². The number of ketones is 1. The summed E-state index contributed by atoms with van der Waals surface area (Å²) < 4.78 is 24.8. The zero-order valence-corrected chi connectivity index (χ0v) is 20.0. The molecule has 0 saturated heterocycles. The van der Waals surface area contributed by atoms with E-state index in [4.69, 9.17) is 9.47 Å². The van der Waals surface area contributed by atoms with Gasteiger partial charge in [-0.2, -0.15) is 0 Å². The largest absolute Gasteiger partial charge is 0.482 e. The Labute approximate surface area is 208 Å². The minimum Gasteiger partial charge on any atom is -0.482 e. The number of nitrogens with one attached hydrogen (secondary N) is 1. The van der Waals surface area contributed by atoms with Crippen molar-refractivity contribution in [3.63, 3.8) is 0 Å². The summed E-state index contributed by atoms with van der Waals surface area (Å²) in [5, 5.41) is 2.87. The van der Waals surface area contributed by atoms with E-state index in [0.717, 1.165) is 11.1 Å². The molecule has 1 aliphatic rings. The number of nitrogens with zero attached hydrogens (tertiary/aromatic N) is 1. The van der Waals surface area contributed by atoms with E-state index in [-0.39, 0.29) is 43.0 Å². The molecule has 2 amide bonds. The van der Waals surface area contributed by atoms with E-state index < -0.39 is 5.82 Å². The number of Topliss-reactive ketones (excluding diaryl/α,β-unsaturated/α-hetero) is 1. The SMILES string of the molecule is Cc1ccc(F)c(OCC(=O)c2ccc3c(c2)N(CCCC(=O)NCc2ccccc2)C(=O)CO3)c1. The number of amides is 2. The number of carbonyl (C=O) groups excluding carboxylic acids is 3. The summed E-state index contributed by atoms with van der Waals surface area (Å²) in [6.45, 7) is 2.08. The Morgan fingerprint density at radius 2 is 1.89 bits per heavy atom. The average molecular weight is 491 g/mol. The first-order valence-corrected chi connectivity index (χ1v) is 11.7. The molecule has 0 fully saturated rings. The topological polar surface area (TPSA) is 84.9 Å². The molecule has 4 rings (SSSR count). The molecule has 0 aromatic heterocycles. The molecule has 7 nitrogen and oxygen atoms in total. The van der Waals surface area contributed by atoms with E-state index in [1.807, 2.05) is 30.3 Å². The molecule has 0 unspecified atom stereocenters. The lowest BCUT2D eigenvalue weighted by Gasteiger charge is -2.29. The predicted octanol–water partition coefficient (Wildman–Crippen LogP) is 4.22. The van der Waals surface area contributed by atoms with Crippen molar-refractivity contribution in [2.24, 2.45) is 0 Å². The van der Waals surface area contributed by atoms with Gasteiger partial charge in [-0.3, -0.25) is 14.4 Å². The summed E-state index contributed by atoms with van der Waals surface area (Å²) in [6.07, 6.45) is 0.695. The van der Waals surface area contributed by atoms with Crippen molar-refractivity contribution in [1.82, 2.24) is 5.32 Å². The highest BCUT2D eigenvalue weighted by atomic mass is 19.1. The Kier molecular flexibility index (Phi) is 7.95. The van der Waals surface area contributed by atoms with Crippen LogP contribution in [0.1, 0.15) is 34.3 Å². The highest BCUT2D eigenvalue weighted by Crippen LogP contribution is 2.33. The lowest BCUT2D eigenvalue weighted by molar-refractivity contribution is -0.123. The van der Waals surface area contributed by atoms with Gasteiger partial charge in [0, 0.05) is 25.1 Å². The minimum absolute atomic E-state index is 0.00647. The monoisotopic (exact) mass is 490 g/mol. The van der Waals surface area contributed by atoms with Crippen LogP contribution < -0.4 is 19.7 Å². The Morgan fingerprint density at radius 1 is 1.08 bits per heavy atom. The molecule has 3 aromatic carbocycles. The molecular weight excluding hydrogens is 463 g/mol. The van der Waals surface area contributed by atoms with Gasteiger partial charge in [0.15, 0.2) is 30.6 Å². The zero-order valence-electron chi connectivity index (χ0n) is 20.0. The quantitative estimate of drug-likeness (QED) is 0.430. The number of ether oxygens (including phenoxy) is 2. The Balaban J connectivity index is 1.36. The van der Waals surface area contributed by atoms with Gasteiger partial charge >= 0.3 is 0 Å². The summed E-state index contributed by atoms with van der Waals surface area (Å²) in [5.41, 5.74) is 2.59. The fourth-order valence-electron chi connectivity index (χ4n) is 3.85. The van der Waals surface area contributed by atoms with Crippen molar-refractivity contribution in [3.05, 3.63) is 89.2 Å². The molecular formula is C28H27FN2O5. The van der Waals surface area contributed by atoms with E-state index in [2.05, 4.69) is 5.32 Å². The summed E-state index contributed by atoms with van der Waals surface area (Å²) >= 11 is 0. The first-order chi connectivity index (χ1) is 17.4. The summed E-state index contributed by atoms with van der Waals surface area (Å²) in [4.78, 5) is 39.1. The van der Waals surface area contributed by atoms with Crippen molar-refractivity contribution in [3.8, 4) is 11.5 Å². The summed E-state index contributed by atoms with van der Waals surface area (Å²) in [7, 11) is 0. The molecule has 0 spiro atoms. The molecule has 1 aliphatic heterocycles. The number of hydrogen-bond donors (Lipinski definition) is 1. The van der Waals surface area contributed by atoms with E-state index in [1.165, 1.54) is 17.0 Å². The van der Waals surface area contributed by atoms with E-state index >= 15 is 0 Å². The minimum atomic E-state index is -0.545. The Hall–Kier alpha value is -4.20. The molecule has 1 heterocycles. The van der Waals surface area contributed by atoms with Crippen molar-refractivity contribution in [1.29, 1.82) is 0 Å². The Bertz CT molecular complexity index is 1260. The van der Waals surface area contributed by atoms with Gasteiger partial charge in [0.2, 0.25) is 5.91 Å². The molecule has 3 aromatic rings. The van der Waals surface area contributed by atoms with Crippen molar-refractivity contribution < 1.29 is 28.2 Å². The lowest BCUT2D eigenvalue weighted by atomic mass is 10.1. The fourth-order valence-corrected chi connectivity index (χ4v) is 3.85. The number of carbonyl (C=O) groups is 3.